The Morgan fingerprint density at radius 1 is 1.41 bits per heavy atom. The van der Waals surface area contributed by atoms with Gasteiger partial charge in [0.25, 0.3) is 0 Å². The lowest BCUT2D eigenvalue weighted by Gasteiger charge is -2.29. The summed E-state index contributed by atoms with van der Waals surface area (Å²) in [6.07, 6.45) is 0.375. The zero-order valence-corrected chi connectivity index (χ0v) is 10.3. The molecule has 0 aliphatic rings. The first-order valence-electron chi connectivity index (χ1n) is 5.46. The molecule has 92 valence electrons. The fourth-order valence-corrected chi connectivity index (χ4v) is 1.97. The standard InChI is InChI=1S/C14H18O3/c1-11(2)9-14(10-15,13(16)17-3)12-7-5-4-6-8-12/h4-8,15H,1,9-10H2,2-3H3. The summed E-state index contributed by atoms with van der Waals surface area (Å²) in [6.45, 7) is 5.35. The molecule has 0 bridgehead atoms. The van der Waals surface area contributed by atoms with Gasteiger partial charge in [-0.05, 0) is 18.9 Å². The number of aliphatic hydroxyl groups excluding tert-OH is 1. The molecule has 1 aromatic carbocycles. The lowest BCUT2D eigenvalue weighted by molar-refractivity contribution is -0.149. The molecule has 0 radical (unpaired) electrons. The van der Waals surface area contributed by atoms with E-state index in [4.69, 9.17) is 4.74 Å². The topological polar surface area (TPSA) is 46.5 Å². The van der Waals surface area contributed by atoms with Gasteiger partial charge in [-0.25, -0.2) is 0 Å². The van der Waals surface area contributed by atoms with Crippen LogP contribution in [0.5, 0.6) is 0 Å². The van der Waals surface area contributed by atoms with Crippen molar-refractivity contribution in [1.82, 2.24) is 0 Å². The molecule has 3 heteroatoms. The van der Waals surface area contributed by atoms with E-state index in [1.807, 2.05) is 37.3 Å². The number of ether oxygens (including phenoxy) is 1. The third kappa shape index (κ3) is 2.74. The Morgan fingerprint density at radius 3 is 2.41 bits per heavy atom. The second kappa shape index (κ2) is 5.64. The SMILES string of the molecule is C=C(C)CC(CO)(C(=O)OC)c1ccccc1. The monoisotopic (exact) mass is 234 g/mol. The van der Waals surface area contributed by atoms with Crippen molar-refractivity contribution in [3.63, 3.8) is 0 Å². The number of esters is 1. The molecule has 1 aromatic rings. The van der Waals surface area contributed by atoms with Crippen LogP contribution in [0.25, 0.3) is 0 Å². The van der Waals surface area contributed by atoms with E-state index in [1.165, 1.54) is 7.11 Å². The number of carbonyl (C=O) groups is 1. The zero-order valence-electron chi connectivity index (χ0n) is 10.3. The van der Waals surface area contributed by atoms with Crippen LogP contribution in [0.3, 0.4) is 0 Å². The van der Waals surface area contributed by atoms with E-state index >= 15 is 0 Å². The Morgan fingerprint density at radius 2 is 2.00 bits per heavy atom. The number of methoxy groups -OCH3 is 1. The van der Waals surface area contributed by atoms with Crippen LogP contribution in [0.4, 0.5) is 0 Å². The van der Waals surface area contributed by atoms with Gasteiger partial charge < -0.3 is 9.84 Å². The Hall–Kier alpha value is -1.61. The average Bonchev–Trinajstić information content (AvgIpc) is 2.35. The van der Waals surface area contributed by atoms with Crippen LogP contribution in [-0.2, 0) is 14.9 Å². The number of allylic oxidation sites excluding steroid dienone is 1. The Kier molecular flexibility index (Phi) is 4.46. The van der Waals surface area contributed by atoms with E-state index in [-0.39, 0.29) is 6.61 Å². The average molecular weight is 234 g/mol. The Balaban J connectivity index is 3.25. The van der Waals surface area contributed by atoms with Crippen molar-refractivity contribution >= 4 is 5.97 Å². The minimum absolute atomic E-state index is 0.295. The minimum Gasteiger partial charge on any atom is -0.468 e. The van der Waals surface area contributed by atoms with E-state index in [2.05, 4.69) is 6.58 Å². The first kappa shape index (κ1) is 13.5. The van der Waals surface area contributed by atoms with Gasteiger partial charge in [0.1, 0.15) is 5.41 Å². The van der Waals surface area contributed by atoms with Gasteiger partial charge in [-0.1, -0.05) is 35.9 Å². The van der Waals surface area contributed by atoms with Crippen molar-refractivity contribution in [2.45, 2.75) is 18.8 Å². The molecule has 1 N–H and O–H groups in total. The number of hydrogen-bond acceptors (Lipinski definition) is 3. The van der Waals surface area contributed by atoms with Gasteiger partial charge in [0, 0.05) is 0 Å². The Labute approximate surface area is 102 Å². The zero-order chi connectivity index (χ0) is 12.9. The van der Waals surface area contributed by atoms with Crippen LogP contribution >= 0.6 is 0 Å². The molecule has 17 heavy (non-hydrogen) atoms. The quantitative estimate of drug-likeness (QED) is 0.626. The highest BCUT2D eigenvalue weighted by Crippen LogP contribution is 2.31. The normalized spacial score (nSPS) is 13.8. The van der Waals surface area contributed by atoms with Gasteiger partial charge >= 0.3 is 5.97 Å². The predicted octanol–water partition coefficient (Wildman–Crippen LogP) is 2.06. The van der Waals surface area contributed by atoms with Crippen molar-refractivity contribution in [3.8, 4) is 0 Å². The fraction of sp³-hybridized carbons (Fsp3) is 0.357. The lowest BCUT2D eigenvalue weighted by Crippen LogP contribution is -2.40. The smallest absolute Gasteiger partial charge is 0.318 e. The molecule has 0 spiro atoms. The number of benzene rings is 1. The molecule has 0 amide bonds. The molecule has 1 rings (SSSR count). The van der Waals surface area contributed by atoms with Crippen LogP contribution in [0.15, 0.2) is 42.5 Å². The number of hydrogen-bond donors (Lipinski definition) is 1. The summed E-state index contributed by atoms with van der Waals surface area (Å²) in [6, 6.07) is 9.16. The van der Waals surface area contributed by atoms with Crippen molar-refractivity contribution in [3.05, 3.63) is 48.0 Å². The van der Waals surface area contributed by atoms with Crippen LogP contribution in [0.1, 0.15) is 18.9 Å². The first-order chi connectivity index (χ1) is 8.06. The van der Waals surface area contributed by atoms with E-state index < -0.39 is 11.4 Å². The summed E-state index contributed by atoms with van der Waals surface area (Å²) in [5, 5.41) is 9.64. The fourth-order valence-electron chi connectivity index (χ4n) is 1.97. The van der Waals surface area contributed by atoms with Crippen molar-refractivity contribution in [2.24, 2.45) is 0 Å². The molecule has 0 aromatic heterocycles. The second-order valence-electron chi connectivity index (χ2n) is 4.23. The summed E-state index contributed by atoms with van der Waals surface area (Å²) >= 11 is 0. The van der Waals surface area contributed by atoms with Gasteiger partial charge in [0.2, 0.25) is 0 Å². The molecular formula is C14H18O3. The highest BCUT2D eigenvalue weighted by Gasteiger charge is 2.40. The highest BCUT2D eigenvalue weighted by atomic mass is 16.5. The van der Waals surface area contributed by atoms with Gasteiger partial charge in [-0.2, -0.15) is 0 Å². The summed E-state index contributed by atoms with van der Waals surface area (Å²) in [5.74, 6) is -0.436. The highest BCUT2D eigenvalue weighted by molar-refractivity contribution is 5.83. The summed E-state index contributed by atoms with van der Waals surface area (Å²) in [7, 11) is 1.33. The third-order valence-corrected chi connectivity index (χ3v) is 2.78. The van der Waals surface area contributed by atoms with Gasteiger partial charge in [0.05, 0.1) is 13.7 Å². The molecule has 0 saturated heterocycles. The second-order valence-corrected chi connectivity index (χ2v) is 4.23. The molecule has 0 aliphatic heterocycles. The number of carbonyl (C=O) groups excluding carboxylic acids is 1. The number of aliphatic hydroxyl groups is 1. The van der Waals surface area contributed by atoms with E-state index in [9.17, 15) is 9.90 Å². The molecule has 0 heterocycles. The summed E-state index contributed by atoms with van der Waals surface area (Å²) in [4.78, 5) is 12.0. The van der Waals surface area contributed by atoms with Crippen molar-refractivity contribution in [1.29, 1.82) is 0 Å². The molecule has 0 aliphatic carbocycles. The minimum atomic E-state index is -1.04. The molecule has 3 nitrogen and oxygen atoms in total. The van der Waals surface area contributed by atoms with E-state index in [0.717, 1.165) is 11.1 Å². The van der Waals surface area contributed by atoms with Crippen LogP contribution < -0.4 is 0 Å². The van der Waals surface area contributed by atoms with Gasteiger partial charge in [-0.15, -0.1) is 6.58 Å². The van der Waals surface area contributed by atoms with E-state index in [1.54, 1.807) is 0 Å². The number of rotatable bonds is 5. The van der Waals surface area contributed by atoms with Crippen LogP contribution in [0, 0.1) is 0 Å². The lowest BCUT2D eigenvalue weighted by atomic mass is 9.76. The van der Waals surface area contributed by atoms with Gasteiger partial charge in [0.15, 0.2) is 0 Å². The third-order valence-electron chi connectivity index (χ3n) is 2.78. The Bertz CT molecular complexity index is 397. The maximum Gasteiger partial charge on any atom is 0.318 e. The summed E-state index contributed by atoms with van der Waals surface area (Å²) < 4.78 is 4.82. The molecule has 0 saturated carbocycles. The molecule has 0 fully saturated rings. The summed E-state index contributed by atoms with van der Waals surface area (Å²) in [5.41, 5.74) is 0.535. The van der Waals surface area contributed by atoms with Crippen LogP contribution in [0.2, 0.25) is 0 Å². The first-order valence-corrected chi connectivity index (χ1v) is 5.46. The van der Waals surface area contributed by atoms with Crippen molar-refractivity contribution in [2.75, 3.05) is 13.7 Å². The molecular weight excluding hydrogens is 216 g/mol. The van der Waals surface area contributed by atoms with Gasteiger partial charge in [-0.3, -0.25) is 4.79 Å². The van der Waals surface area contributed by atoms with E-state index in [0.29, 0.717) is 6.42 Å². The van der Waals surface area contributed by atoms with Crippen molar-refractivity contribution < 1.29 is 14.6 Å². The molecule has 1 atom stereocenters. The largest absolute Gasteiger partial charge is 0.468 e. The maximum absolute atomic E-state index is 12.0. The molecule has 1 unspecified atom stereocenters. The predicted molar refractivity (Wildman–Crippen MR) is 66.7 cm³/mol. The van der Waals surface area contributed by atoms with Crippen LogP contribution in [-0.4, -0.2) is 24.8 Å². The maximum atomic E-state index is 12.0.